The molecule has 3 heterocycles. The molecule has 204 valence electrons. The maximum atomic E-state index is 13.0. The molecule has 11 atom stereocenters. The molecule has 4 aliphatic rings. The zero-order chi connectivity index (χ0) is 26.5. The summed E-state index contributed by atoms with van der Waals surface area (Å²) < 4.78 is 39.0. The second kappa shape index (κ2) is 10.0. The first-order chi connectivity index (χ1) is 17.8. The molecule has 1 aromatic carbocycles. The van der Waals surface area contributed by atoms with Gasteiger partial charge in [-0.3, -0.25) is 0 Å². The predicted octanol–water partition coefficient (Wildman–Crippen LogP) is -1.71. The van der Waals surface area contributed by atoms with Gasteiger partial charge in [0.2, 0.25) is 6.29 Å². The average molecular weight is 526 g/mol. The van der Waals surface area contributed by atoms with Crippen LogP contribution in [0.3, 0.4) is 0 Å². The van der Waals surface area contributed by atoms with E-state index in [2.05, 4.69) is 0 Å². The number of epoxide rings is 1. The van der Waals surface area contributed by atoms with Gasteiger partial charge < -0.3 is 58.7 Å². The SMILES string of the molecule is COc1ccc(C(=O)O[C@H]2[C@H]3C=CO[C@@H](O[C@@H]4O[C@H](CO)[C@@H](O)[C@H](O)[C@H]4O)[C@@H]3[C@@]3(CO)O[C@@H]23)cc1OC. The molecule has 0 bridgehead atoms. The molecule has 1 saturated carbocycles. The van der Waals surface area contributed by atoms with Crippen LogP contribution in [-0.4, -0.2) is 114 Å². The van der Waals surface area contributed by atoms with Gasteiger partial charge in [0.15, 0.2) is 17.8 Å². The van der Waals surface area contributed by atoms with Crippen molar-refractivity contribution in [1.29, 1.82) is 0 Å². The first-order valence-corrected chi connectivity index (χ1v) is 11.8. The van der Waals surface area contributed by atoms with Crippen molar-refractivity contribution in [2.24, 2.45) is 11.8 Å². The largest absolute Gasteiger partial charge is 0.493 e. The van der Waals surface area contributed by atoms with Gasteiger partial charge >= 0.3 is 5.97 Å². The van der Waals surface area contributed by atoms with E-state index in [0.717, 1.165) is 0 Å². The van der Waals surface area contributed by atoms with Gasteiger partial charge in [0, 0.05) is 5.92 Å². The van der Waals surface area contributed by atoms with Gasteiger partial charge in [-0.1, -0.05) is 0 Å². The van der Waals surface area contributed by atoms with Crippen LogP contribution in [-0.2, 0) is 23.7 Å². The van der Waals surface area contributed by atoms with E-state index in [9.17, 15) is 30.3 Å². The summed E-state index contributed by atoms with van der Waals surface area (Å²) in [5.74, 6) is -1.00. The van der Waals surface area contributed by atoms with Gasteiger partial charge in [-0.2, -0.15) is 0 Å². The Morgan fingerprint density at radius 3 is 2.46 bits per heavy atom. The molecule has 0 amide bonds. The van der Waals surface area contributed by atoms with Crippen molar-refractivity contribution in [2.75, 3.05) is 27.4 Å². The standard InChI is InChI=1S/C24H30O13/c1-31-12-4-3-10(7-13(12)32-2)21(30)35-19-11-5-6-33-22(15(11)24(9-26)20(19)37-24)36-23-18(29)17(28)16(27)14(8-25)34-23/h3-7,11,14-20,22-23,25-29H,8-9H2,1-2H3/t11-,14+,15+,16+,17-,18+,19-,20-,22-,23-,24+/m0/s1. The second-order valence-corrected chi connectivity index (χ2v) is 9.36. The lowest BCUT2D eigenvalue weighted by Gasteiger charge is -2.43. The highest BCUT2D eigenvalue weighted by Gasteiger charge is 2.77. The summed E-state index contributed by atoms with van der Waals surface area (Å²) >= 11 is 0. The zero-order valence-corrected chi connectivity index (χ0v) is 20.1. The van der Waals surface area contributed by atoms with Crippen LogP contribution in [0.25, 0.3) is 0 Å². The topological polar surface area (TPSA) is 186 Å². The third-order valence-corrected chi connectivity index (χ3v) is 7.46. The molecule has 3 aliphatic heterocycles. The highest BCUT2D eigenvalue weighted by Crippen LogP contribution is 2.60. The Morgan fingerprint density at radius 2 is 1.78 bits per heavy atom. The Balaban J connectivity index is 1.34. The maximum Gasteiger partial charge on any atom is 0.338 e. The van der Waals surface area contributed by atoms with Crippen LogP contribution in [0, 0.1) is 11.8 Å². The molecular formula is C24H30O13. The lowest BCUT2D eigenvalue weighted by Crippen LogP contribution is -2.60. The summed E-state index contributed by atoms with van der Waals surface area (Å²) in [6.07, 6.45) is -7.02. The Morgan fingerprint density at radius 1 is 1.03 bits per heavy atom. The molecule has 1 aliphatic carbocycles. The number of hydrogen-bond acceptors (Lipinski definition) is 13. The van der Waals surface area contributed by atoms with Crippen molar-refractivity contribution in [3.63, 3.8) is 0 Å². The molecule has 0 spiro atoms. The van der Waals surface area contributed by atoms with Gasteiger partial charge in [-0.25, -0.2) is 4.79 Å². The van der Waals surface area contributed by atoms with E-state index in [1.54, 1.807) is 12.1 Å². The minimum atomic E-state index is -1.65. The third-order valence-electron chi connectivity index (χ3n) is 7.46. The molecule has 37 heavy (non-hydrogen) atoms. The normalized spacial score (nSPS) is 41.8. The van der Waals surface area contributed by atoms with E-state index < -0.39 is 85.8 Å². The van der Waals surface area contributed by atoms with Crippen molar-refractivity contribution in [3.05, 3.63) is 36.1 Å². The van der Waals surface area contributed by atoms with Crippen molar-refractivity contribution < 1.29 is 63.5 Å². The highest BCUT2D eigenvalue weighted by molar-refractivity contribution is 5.90. The third kappa shape index (κ3) is 4.25. The predicted molar refractivity (Wildman–Crippen MR) is 119 cm³/mol. The number of ether oxygens (including phenoxy) is 7. The van der Waals surface area contributed by atoms with Crippen LogP contribution in [0.5, 0.6) is 11.5 Å². The number of aliphatic hydroxyl groups is 5. The molecule has 5 rings (SSSR count). The number of esters is 1. The van der Waals surface area contributed by atoms with Crippen LogP contribution < -0.4 is 9.47 Å². The average Bonchev–Trinajstić information content (AvgIpc) is 3.60. The van der Waals surface area contributed by atoms with E-state index in [-0.39, 0.29) is 5.56 Å². The van der Waals surface area contributed by atoms with E-state index in [4.69, 9.17) is 33.2 Å². The smallest absolute Gasteiger partial charge is 0.338 e. The van der Waals surface area contributed by atoms with Crippen LogP contribution in [0.1, 0.15) is 10.4 Å². The molecule has 1 aromatic rings. The fraction of sp³-hybridized carbons (Fsp3) is 0.625. The van der Waals surface area contributed by atoms with Crippen molar-refractivity contribution in [1.82, 2.24) is 0 Å². The fourth-order valence-corrected chi connectivity index (χ4v) is 5.44. The number of methoxy groups -OCH3 is 2. The molecule has 13 heteroatoms. The Kier molecular flexibility index (Phi) is 7.06. The lowest BCUT2D eigenvalue weighted by atomic mass is 9.85. The molecule has 0 radical (unpaired) electrons. The van der Waals surface area contributed by atoms with E-state index in [1.807, 2.05) is 0 Å². The van der Waals surface area contributed by atoms with Gasteiger partial charge in [0.05, 0.1) is 45.2 Å². The minimum Gasteiger partial charge on any atom is -0.493 e. The fourth-order valence-electron chi connectivity index (χ4n) is 5.44. The number of carbonyl (C=O) groups is 1. The summed E-state index contributed by atoms with van der Waals surface area (Å²) in [5, 5.41) is 50.2. The van der Waals surface area contributed by atoms with Crippen molar-refractivity contribution >= 4 is 5.97 Å². The van der Waals surface area contributed by atoms with E-state index in [0.29, 0.717) is 11.5 Å². The monoisotopic (exact) mass is 526 g/mol. The first-order valence-electron chi connectivity index (χ1n) is 11.8. The maximum absolute atomic E-state index is 13.0. The van der Waals surface area contributed by atoms with Crippen LogP contribution in [0.15, 0.2) is 30.5 Å². The number of hydrogen-bond donors (Lipinski definition) is 5. The number of benzene rings is 1. The summed E-state index contributed by atoms with van der Waals surface area (Å²) in [5.41, 5.74) is -0.918. The number of aliphatic hydroxyl groups excluding tert-OH is 5. The molecule has 0 unspecified atom stereocenters. The summed E-state index contributed by atoms with van der Waals surface area (Å²) in [7, 11) is 2.93. The lowest BCUT2D eigenvalue weighted by molar-refractivity contribution is -0.344. The molecule has 0 aromatic heterocycles. The molecule has 2 saturated heterocycles. The van der Waals surface area contributed by atoms with Crippen molar-refractivity contribution in [3.8, 4) is 11.5 Å². The first kappa shape index (κ1) is 26.1. The number of rotatable bonds is 8. The Labute approximate surface area is 211 Å². The Hall–Kier alpha value is -2.49. The highest BCUT2D eigenvalue weighted by atomic mass is 16.8. The van der Waals surface area contributed by atoms with Crippen LogP contribution >= 0.6 is 0 Å². The van der Waals surface area contributed by atoms with Gasteiger partial charge in [-0.15, -0.1) is 0 Å². The van der Waals surface area contributed by atoms with Gasteiger partial charge in [0.25, 0.3) is 0 Å². The summed E-state index contributed by atoms with van der Waals surface area (Å²) in [6.45, 7) is -1.04. The zero-order valence-electron chi connectivity index (χ0n) is 20.1. The Bertz CT molecular complexity index is 1030. The summed E-state index contributed by atoms with van der Waals surface area (Å²) in [6, 6.07) is 4.61. The van der Waals surface area contributed by atoms with Gasteiger partial charge in [-0.05, 0) is 24.3 Å². The van der Waals surface area contributed by atoms with Crippen LogP contribution in [0.2, 0.25) is 0 Å². The van der Waals surface area contributed by atoms with Gasteiger partial charge in [0.1, 0.15) is 42.2 Å². The molecular weight excluding hydrogens is 496 g/mol. The second-order valence-electron chi connectivity index (χ2n) is 9.36. The molecule has 3 fully saturated rings. The number of carbonyl (C=O) groups excluding carboxylic acids is 1. The molecule has 13 nitrogen and oxygen atoms in total. The van der Waals surface area contributed by atoms with E-state index >= 15 is 0 Å². The van der Waals surface area contributed by atoms with E-state index in [1.165, 1.54) is 32.6 Å². The van der Waals surface area contributed by atoms with Crippen LogP contribution in [0.4, 0.5) is 0 Å². The minimum absolute atomic E-state index is 0.224. The van der Waals surface area contributed by atoms with Crippen molar-refractivity contribution in [2.45, 2.75) is 54.8 Å². The summed E-state index contributed by atoms with van der Waals surface area (Å²) in [4.78, 5) is 13.0. The molecule has 5 N–H and O–H groups in total. The number of fused-ring (bicyclic) bond motifs is 3. The quantitative estimate of drug-likeness (QED) is 0.191.